The van der Waals surface area contributed by atoms with Gasteiger partial charge in [0.1, 0.15) is 0 Å². The molecule has 0 N–H and O–H groups in total. The van der Waals surface area contributed by atoms with Crippen LogP contribution in [0.25, 0.3) is 0 Å². The van der Waals surface area contributed by atoms with Gasteiger partial charge in [-0.1, -0.05) is 16.6 Å². The van der Waals surface area contributed by atoms with Crippen LogP contribution in [0, 0.1) is 0 Å². The van der Waals surface area contributed by atoms with Crippen molar-refractivity contribution in [1.29, 1.82) is 0 Å². The van der Waals surface area contributed by atoms with Gasteiger partial charge in [0.05, 0.1) is 5.71 Å². The zero-order valence-corrected chi connectivity index (χ0v) is 11.4. The molecule has 0 spiro atoms. The van der Waals surface area contributed by atoms with Gasteiger partial charge in [0.25, 0.3) is 0 Å². The Labute approximate surface area is 93.8 Å². The Bertz CT molecular complexity index is 416. The summed E-state index contributed by atoms with van der Waals surface area (Å²) < 4.78 is 6.56. The zero-order chi connectivity index (χ0) is 11.8. The van der Waals surface area contributed by atoms with E-state index in [2.05, 4.69) is 36.1 Å². The van der Waals surface area contributed by atoms with E-state index < -0.39 is 10.0 Å². The third-order valence-electron chi connectivity index (χ3n) is 3.07. The minimum Gasteiger partial charge on any atom is -0.267 e. The molecule has 86 valence electrons. The Morgan fingerprint density at radius 2 is 1.93 bits per heavy atom. The predicted molar refractivity (Wildman–Crippen MR) is 71.2 cm³/mol. The molecule has 0 aromatic rings. The van der Waals surface area contributed by atoms with Crippen LogP contribution in [0.4, 0.5) is 0 Å². The van der Waals surface area contributed by atoms with Crippen LogP contribution >= 0.6 is 0 Å². The van der Waals surface area contributed by atoms with Gasteiger partial charge in [-0.15, -0.1) is 0 Å². The van der Waals surface area contributed by atoms with Crippen LogP contribution in [0.5, 0.6) is 0 Å². The van der Waals surface area contributed by atoms with Crippen molar-refractivity contribution in [2.45, 2.75) is 27.7 Å². The molecule has 0 aromatic carbocycles. The molecular formula is C11H21N3S. The Hall–Kier alpha value is -0.900. The summed E-state index contributed by atoms with van der Waals surface area (Å²) in [6.45, 7) is 12.3. The summed E-state index contributed by atoms with van der Waals surface area (Å²) in [5.74, 6) is 0. The molecule has 0 unspecified atom stereocenters. The van der Waals surface area contributed by atoms with Crippen molar-refractivity contribution in [1.82, 2.24) is 4.41 Å². The molecule has 1 aliphatic rings. The number of allylic oxidation sites excluding steroid dienone is 3. The quantitative estimate of drug-likeness (QED) is 0.685. The maximum Gasteiger partial charge on any atom is 0.0625 e. The van der Waals surface area contributed by atoms with E-state index in [1.807, 2.05) is 25.3 Å². The third kappa shape index (κ3) is 1.78. The Morgan fingerprint density at radius 3 is 2.33 bits per heavy atom. The van der Waals surface area contributed by atoms with Crippen molar-refractivity contribution >= 4 is 15.7 Å². The molecule has 0 bridgehead atoms. The monoisotopic (exact) mass is 227 g/mol. The summed E-state index contributed by atoms with van der Waals surface area (Å²) in [6, 6.07) is 0. The summed E-state index contributed by atoms with van der Waals surface area (Å²) in [5, 5.41) is 4.59. The first kappa shape index (κ1) is 12.2. The third-order valence-corrected chi connectivity index (χ3v) is 6.62. The Balaban J connectivity index is 3.45. The van der Waals surface area contributed by atoms with Crippen LogP contribution in [0.3, 0.4) is 0 Å². The molecule has 15 heavy (non-hydrogen) atoms. The number of hydrogen-bond acceptors (Lipinski definition) is 2. The van der Waals surface area contributed by atoms with Crippen molar-refractivity contribution in [3.63, 3.8) is 0 Å². The number of nitrogens with zero attached hydrogens (tertiary/aromatic N) is 3. The number of rotatable bonds is 1. The molecule has 1 aliphatic heterocycles. The summed E-state index contributed by atoms with van der Waals surface area (Å²) in [4.78, 5) is 1.35. The van der Waals surface area contributed by atoms with Crippen molar-refractivity contribution in [3.8, 4) is 0 Å². The van der Waals surface area contributed by atoms with E-state index in [0.717, 1.165) is 11.4 Å². The van der Waals surface area contributed by atoms with Crippen molar-refractivity contribution in [2.75, 3.05) is 13.3 Å². The smallest absolute Gasteiger partial charge is 0.0625 e. The van der Waals surface area contributed by atoms with Crippen molar-refractivity contribution in [3.05, 3.63) is 22.8 Å². The highest BCUT2D eigenvalue weighted by Crippen LogP contribution is 2.32. The molecule has 0 aliphatic carbocycles. The maximum absolute atomic E-state index is 4.59. The fraction of sp³-hybridized carbons (Fsp3) is 0.545. The van der Waals surface area contributed by atoms with Gasteiger partial charge >= 0.3 is 0 Å². The van der Waals surface area contributed by atoms with Crippen LogP contribution in [0.1, 0.15) is 27.7 Å². The van der Waals surface area contributed by atoms with Crippen molar-refractivity contribution in [2.24, 2.45) is 9.46 Å². The molecule has 0 atom stereocenters. The summed E-state index contributed by atoms with van der Waals surface area (Å²) in [6.07, 6.45) is 2.18. The molecule has 0 fully saturated rings. The molecule has 0 aromatic heterocycles. The Kier molecular flexibility index (Phi) is 3.19. The van der Waals surface area contributed by atoms with E-state index in [0.29, 0.717) is 0 Å². The van der Waals surface area contributed by atoms with E-state index in [4.69, 9.17) is 0 Å². The molecule has 1 heterocycles. The topological polar surface area (TPSA) is 28.0 Å². The first-order chi connectivity index (χ1) is 6.84. The predicted octanol–water partition coefficient (Wildman–Crippen LogP) is 2.75. The normalized spacial score (nSPS) is 22.3. The fourth-order valence-electron chi connectivity index (χ4n) is 1.68. The van der Waals surface area contributed by atoms with E-state index in [1.165, 1.54) is 10.5 Å². The number of hydrogen-bond donors (Lipinski definition) is 1. The molecule has 0 radical (unpaired) electrons. The second kappa shape index (κ2) is 3.93. The highest BCUT2D eigenvalue weighted by atomic mass is 32.2. The first-order valence-corrected chi connectivity index (χ1v) is 7.16. The maximum atomic E-state index is 4.59. The van der Waals surface area contributed by atoms with E-state index in [-0.39, 0.29) is 0 Å². The van der Waals surface area contributed by atoms with E-state index in [9.17, 15) is 0 Å². The van der Waals surface area contributed by atoms with Gasteiger partial charge in [0.2, 0.25) is 0 Å². The number of thiol groups is 1. The van der Waals surface area contributed by atoms with Gasteiger partial charge in [-0.2, -0.15) is 5.10 Å². The van der Waals surface area contributed by atoms with Gasteiger partial charge in [-0.3, -0.25) is 4.36 Å². The van der Waals surface area contributed by atoms with E-state index >= 15 is 0 Å². The fourth-order valence-corrected chi connectivity index (χ4v) is 4.20. The summed E-state index contributed by atoms with van der Waals surface area (Å²) in [7, 11) is 0.227. The zero-order valence-electron chi connectivity index (χ0n) is 10.5. The molecular weight excluding hydrogens is 206 g/mol. The highest BCUT2D eigenvalue weighted by molar-refractivity contribution is 8.06. The highest BCUT2D eigenvalue weighted by Gasteiger charge is 2.25. The van der Waals surface area contributed by atoms with Crippen LogP contribution in [-0.2, 0) is 10.0 Å². The lowest BCUT2D eigenvalue weighted by molar-refractivity contribution is 0.603. The van der Waals surface area contributed by atoms with Gasteiger partial charge in [-0.25, -0.2) is 4.41 Å². The standard InChI is InChI=1S/C11H21N3S/c1-8(2)14-13-10(4)9(3)11(5)15(14,7)12-6/h15H,1H2,2-7H3. The molecule has 0 amide bonds. The van der Waals surface area contributed by atoms with Crippen LogP contribution in [0.15, 0.2) is 32.2 Å². The van der Waals surface area contributed by atoms with Gasteiger partial charge in [-0.05, 0) is 44.4 Å². The minimum atomic E-state index is -1.64. The molecule has 1 rings (SSSR count). The minimum absolute atomic E-state index is 0.961. The molecule has 0 saturated carbocycles. The van der Waals surface area contributed by atoms with Crippen LogP contribution in [0.2, 0.25) is 0 Å². The second-order valence-corrected chi connectivity index (χ2v) is 7.31. The molecule has 4 heteroatoms. The second-order valence-electron chi connectivity index (χ2n) is 4.03. The molecule has 0 saturated heterocycles. The summed E-state index contributed by atoms with van der Waals surface area (Å²) in [5.41, 5.74) is 3.30. The average molecular weight is 227 g/mol. The van der Waals surface area contributed by atoms with E-state index in [1.54, 1.807) is 0 Å². The SMILES string of the molecule is C=C(C)N1N=C(C)C(C)=C(C)[SH]1(C)=NC. The average Bonchev–Trinajstić information content (AvgIpc) is 2.20. The van der Waals surface area contributed by atoms with Gasteiger partial charge < -0.3 is 0 Å². The van der Waals surface area contributed by atoms with Crippen molar-refractivity contribution < 1.29 is 0 Å². The van der Waals surface area contributed by atoms with Crippen LogP contribution in [-0.4, -0.2) is 23.4 Å². The van der Waals surface area contributed by atoms with Gasteiger partial charge in [0.15, 0.2) is 0 Å². The lowest BCUT2D eigenvalue weighted by Gasteiger charge is -2.41. The first-order valence-electron chi connectivity index (χ1n) is 5.02. The lowest BCUT2D eigenvalue weighted by Crippen LogP contribution is -2.35. The Morgan fingerprint density at radius 1 is 1.40 bits per heavy atom. The largest absolute Gasteiger partial charge is 0.267 e. The number of hydrazone groups is 1. The summed E-state index contributed by atoms with van der Waals surface area (Å²) >= 11 is 0. The van der Waals surface area contributed by atoms with Gasteiger partial charge in [0, 0.05) is 12.7 Å². The lowest BCUT2D eigenvalue weighted by atomic mass is 10.2. The molecule has 3 nitrogen and oxygen atoms in total. The van der Waals surface area contributed by atoms with Crippen LogP contribution < -0.4 is 0 Å².